The summed E-state index contributed by atoms with van der Waals surface area (Å²) in [6.07, 6.45) is 0. The molecule has 25 heavy (non-hydrogen) atoms. The van der Waals surface area contributed by atoms with Crippen molar-refractivity contribution in [2.24, 2.45) is 0 Å². The zero-order valence-electron chi connectivity index (χ0n) is 13.3. The van der Waals surface area contributed by atoms with Gasteiger partial charge in [0, 0.05) is 0 Å². The normalized spacial score (nSPS) is 13.2. The van der Waals surface area contributed by atoms with Gasteiger partial charge in [0.1, 0.15) is 0 Å². The summed E-state index contributed by atoms with van der Waals surface area (Å²) in [5.74, 6) is 0.305. The lowest BCUT2D eigenvalue weighted by atomic mass is 10.0. The van der Waals surface area contributed by atoms with Crippen molar-refractivity contribution in [3.63, 3.8) is 0 Å². The zero-order chi connectivity index (χ0) is 19.0. The molecule has 0 unspecified atom stereocenters. The van der Waals surface area contributed by atoms with Crippen molar-refractivity contribution >= 4 is 67.5 Å². The van der Waals surface area contributed by atoms with Gasteiger partial charge >= 0.3 is 0 Å². The van der Waals surface area contributed by atoms with Gasteiger partial charge in [-0.15, -0.1) is 0 Å². The molecular weight excluding hydrogens is 560 g/mol. The first-order valence-corrected chi connectivity index (χ1v) is 12.5. The summed E-state index contributed by atoms with van der Waals surface area (Å²) in [7, 11) is -7.47. The van der Waals surface area contributed by atoms with Crippen LogP contribution in [0.5, 0.6) is 0 Å². The first-order valence-electron chi connectivity index (χ1n) is 7.14. The van der Waals surface area contributed by atoms with E-state index in [0.29, 0.717) is 5.92 Å². The van der Waals surface area contributed by atoms with Gasteiger partial charge in [0.05, 0.1) is 14.7 Å². The van der Waals surface area contributed by atoms with Crippen LogP contribution in [0.3, 0.4) is 0 Å². The number of alkyl halides is 3. The molecule has 0 aliphatic rings. The molecule has 0 amide bonds. The molecule has 2 aromatic rings. The van der Waals surface area contributed by atoms with E-state index in [4.69, 9.17) is 0 Å². The van der Waals surface area contributed by atoms with Gasteiger partial charge in [0.15, 0.2) is 0 Å². The first kappa shape index (κ1) is 21.1. The van der Waals surface area contributed by atoms with Crippen molar-refractivity contribution in [1.82, 2.24) is 0 Å². The van der Waals surface area contributed by atoms with Gasteiger partial charge in [-0.2, -0.15) is 0 Å². The van der Waals surface area contributed by atoms with E-state index < -0.39 is 21.1 Å². The number of halogens is 3. The molecule has 0 aliphatic heterocycles. The summed E-state index contributed by atoms with van der Waals surface area (Å²) in [5.41, 5.74) is 1.05. The maximum Gasteiger partial charge on any atom is 0.239 e. The molecule has 2 rings (SSSR count). The smallest absolute Gasteiger partial charge is 0.220 e. The van der Waals surface area contributed by atoms with E-state index in [-0.39, 0.29) is 14.7 Å². The first-order chi connectivity index (χ1) is 11.4. The van der Waals surface area contributed by atoms with Gasteiger partial charge in [0.2, 0.25) is 21.1 Å². The van der Waals surface area contributed by atoms with Gasteiger partial charge < -0.3 is 0 Å². The quantitative estimate of drug-likeness (QED) is 0.470. The second-order valence-electron chi connectivity index (χ2n) is 5.65. The Morgan fingerprint density at radius 2 is 1.08 bits per heavy atom. The number of benzene rings is 2. The minimum absolute atomic E-state index is 0.0211. The molecule has 2 aromatic carbocycles. The molecule has 0 spiro atoms. The SMILES string of the molecule is CC(C)c1ccc(S(=O)(=O)c2ccc(S(=O)(=O)C(Br)(Br)Br)cc2)cc1. The second kappa shape index (κ2) is 7.42. The predicted octanol–water partition coefficient (Wildman–Crippen LogP) is 5.21. The van der Waals surface area contributed by atoms with E-state index in [0.717, 1.165) is 5.56 Å². The Morgan fingerprint density at radius 1 is 0.720 bits per heavy atom. The average Bonchev–Trinajstić information content (AvgIpc) is 2.54. The molecule has 0 bridgehead atoms. The van der Waals surface area contributed by atoms with Crippen LogP contribution in [0.25, 0.3) is 0 Å². The van der Waals surface area contributed by atoms with Gasteiger partial charge in [0.25, 0.3) is 0 Å². The van der Waals surface area contributed by atoms with E-state index in [1.807, 2.05) is 13.8 Å². The molecular formula is C16H15Br3O4S2. The molecule has 0 aliphatic carbocycles. The molecule has 0 heterocycles. The highest BCUT2D eigenvalue weighted by Crippen LogP contribution is 2.43. The molecule has 0 fully saturated rings. The van der Waals surface area contributed by atoms with Crippen molar-refractivity contribution in [3.05, 3.63) is 54.1 Å². The summed E-state index contributed by atoms with van der Waals surface area (Å²) in [6.45, 7) is 4.06. The Morgan fingerprint density at radius 3 is 1.44 bits per heavy atom. The Labute approximate surface area is 173 Å². The van der Waals surface area contributed by atoms with E-state index >= 15 is 0 Å². The number of hydrogen-bond acceptors (Lipinski definition) is 4. The van der Waals surface area contributed by atoms with Gasteiger partial charge in [-0.1, -0.05) is 26.0 Å². The van der Waals surface area contributed by atoms with Crippen molar-refractivity contribution in [3.8, 4) is 0 Å². The molecule has 9 heteroatoms. The molecule has 136 valence electrons. The minimum atomic E-state index is -3.76. The summed E-state index contributed by atoms with van der Waals surface area (Å²) in [5, 5.41) is 0. The van der Waals surface area contributed by atoms with Crippen LogP contribution in [0.2, 0.25) is 0 Å². The van der Waals surface area contributed by atoms with Crippen molar-refractivity contribution in [2.75, 3.05) is 0 Å². The Kier molecular flexibility index (Phi) is 6.26. The highest BCUT2D eigenvalue weighted by Gasteiger charge is 2.37. The van der Waals surface area contributed by atoms with Crippen LogP contribution in [0.15, 0.2) is 63.2 Å². The zero-order valence-corrected chi connectivity index (χ0v) is 19.7. The van der Waals surface area contributed by atoms with Crippen LogP contribution in [0, 0.1) is 0 Å². The average molecular weight is 575 g/mol. The summed E-state index contributed by atoms with van der Waals surface area (Å²) in [6, 6.07) is 11.8. The van der Waals surface area contributed by atoms with Crippen molar-refractivity contribution < 1.29 is 16.8 Å². The maximum absolute atomic E-state index is 12.7. The lowest BCUT2D eigenvalue weighted by Gasteiger charge is -2.14. The lowest BCUT2D eigenvalue weighted by molar-refractivity contribution is 0.593. The maximum atomic E-state index is 12.7. The fourth-order valence-electron chi connectivity index (χ4n) is 2.10. The predicted molar refractivity (Wildman–Crippen MR) is 109 cm³/mol. The molecule has 0 atom stereocenters. The van der Waals surface area contributed by atoms with E-state index in [9.17, 15) is 16.8 Å². The largest absolute Gasteiger partial charge is 0.239 e. The molecule has 0 N–H and O–H groups in total. The van der Waals surface area contributed by atoms with Crippen molar-refractivity contribution in [2.45, 2.75) is 35.9 Å². The fraction of sp³-hybridized carbons (Fsp3) is 0.250. The van der Waals surface area contributed by atoms with E-state index in [2.05, 4.69) is 47.8 Å². The standard InChI is InChI=1S/C16H15Br3O4S2/c1-11(2)12-3-5-13(6-4-12)24(20,21)14-7-9-15(10-8-14)25(22,23)16(17,18)19/h3-11H,1-2H3. The Balaban J connectivity index is 2.42. The molecule has 4 nitrogen and oxygen atoms in total. The van der Waals surface area contributed by atoms with Crippen molar-refractivity contribution in [1.29, 1.82) is 0 Å². The lowest BCUT2D eigenvalue weighted by Crippen LogP contribution is -2.17. The summed E-state index contributed by atoms with van der Waals surface area (Å²) in [4.78, 5) is 0.184. The van der Waals surface area contributed by atoms with Crippen LogP contribution < -0.4 is 0 Å². The molecule has 0 aromatic heterocycles. The van der Waals surface area contributed by atoms with E-state index in [1.165, 1.54) is 24.3 Å². The number of rotatable bonds is 4. The molecule has 0 saturated heterocycles. The minimum Gasteiger partial charge on any atom is -0.220 e. The number of hydrogen-bond donors (Lipinski definition) is 0. The highest BCUT2D eigenvalue weighted by molar-refractivity contribution is 9.42. The van der Waals surface area contributed by atoms with Gasteiger partial charge in [-0.3, -0.25) is 0 Å². The monoisotopic (exact) mass is 572 g/mol. The third-order valence-electron chi connectivity index (χ3n) is 3.61. The summed E-state index contributed by atoms with van der Waals surface area (Å²) < 4.78 is 48.5. The third-order valence-corrected chi connectivity index (χ3v) is 10.7. The Bertz CT molecular complexity index is 958. The van der Waals surface area contributed by atoms with Crippen LogP contribution in [0.4, 0.5) is 0 Å². The summed E-state index contributed by atoms with van der Waals surface area (Å²) >= 11 is 8.93. The second-order valence-corrected chi connectivity index (χ2v) is 18.0. The van der Waals surface area contributed by atoms with Gasteiger partial charge in [-0.25, -0.2) is 16.8 Å². The van der Waals surface area contributed by atoms with Crippen LogP contribution in [-0.4, -0.2) is 18.3 Å². The van der Waals surface area contributed by atoms with E-state index in [1.54, 1.807) is 24.3 Å². The Hall–Kier alpha value is -0.220. The molecule has 0 radical (unpaired) electrons. The van der Waals surface area contributed by atoms with Crippen LogP contribution >= 0.6 is 47.8 Å². The highest BCUT2D eigenvalue weighted by atomic mass is 80.0. The number of sulfone groups is 2. The fourth-order valence-corrected chi connectivity index (χ4v) is 5.80. The van der Waals surface area contributed by atoms with Crippen LogP contribution in [0.1, 0.15) is 25.3 Å². The van der Waals surface area contributed by atoms with Crippen LogP contribution in [-0.2, 0) is 19.7 Å². The third kappa shape index (κ3) is 4.37. The topological polar surface area (TPSA) is 68.3 Å². The molecule has 0 saturated carbocycles. The van der Waals surface area contributed by atoms with Gasteiger partial charge in [-0.05, 0) is 95.7 Å².